The van der Waals surface area contributed by atoms with Crippen LogP contribution in [0.15, 0.2) is 53.4 Å². The molecule has 0 spiro atoms. The molecule has 3 rings (SSSR count). The van der Waals surface area contributed by atoms with E-state index in [0.717, 1.165) is 17.0 Å². The number of amides is 1. The zero-order chi connectivity index (χ0) is 20.1. The Bertz CT molecular complexity index is 941. The van der Waals surface area contributed by atoms with Crippen LogP contribution in [0, 0.1) is 0 Å². The van der Waals surface area contributed by atoms with E-state index >= 15 is 0 Å². The summed E-state index contributed by atoms with van der Waals surface area (Å²) in [7, 11) is -3.61. The predicted octanol–water partition coefficient (Wildman–Crippen LogP) is 1.43. The SMILES string of the molecule is CCc1cccc(NC(=O)C[NH+]2CCN(S(=O)(=O)c3ccccc3Cl)CC2)c1. The Morgan fingerprint density at radius 3 is 2.54 bits per heavy atom. The lowest BCUT2D eigenvalue weighted by Gasteiger charge is -2.31. The Morgan fingerprint density at radius 2 is 1.86 bits per heavy atom. The Balaban J connectivity index is 1.55. The maximum Gasteiger partial charge on any atom is 0.279 e. The van der Waals surface area contributed by atoms with Crippen LogP contribution in [0.4, 0.5) is 5.69 Å². The zero-order valence-electron chi connectivity index (χ0n) is 15.8. The van der Waals surface area contributed by atoms with Gasteiger partial charge in [-0.2, -0.15) is 4.31 Å². The lowest BCUT2D eigenvalue weighted by molar-refractivity contribution is -0.895. The van der Waals surface area contributed by atoms with Gasteiger partial charge in [-0.1, -0.05) is 42.8 Å². The second kappa shape index (κ2) is 9.05. The molecule has 2 aromatic rings. The number of carbonyl (C=O) groups is 1. The number of anilines is 1. The number of halogens is 1. The molecule has 1 amide bonds. The van der Waals surface area contributed by atoms with Gasteiger partial charge in [-0.15, -0.1) is 0 Å². The molecule has 1 aliphatic heterocycles. The highest BCUT2D eigenvalue weighted by Gasteiger charge is 2.32. The van der Waals surface area contributed by atoms with Crippen molar-refractivity contribution < 1.29 is 18.1 Å². The van der Waals surface area contributed by atoms with Crippen molar-refractivity contribution in [3.63, 3.8) is 0 Å². The third-order valence-electron chi connectivity index (χ3n) is 4.91. The molecule has 1 aliphatic rings. The standard InChI is InChI=1S/C20H24ClN3O3S/c1-2-16-6-5-7-17(14-16)22-20(25)15-23-10-12-24(13-11-23)28(26,27)19-9-4-3-8-18(19)21/h3-9,14H,2,10-13,15H2,1H3,(H,22,25)/p+1. The first-order valence-electron chi connectivity index (χ1n) is 9.37. The number of quaternary nitrogens is 1. The van der Waals surface area contributed by atoms with Crippen LogP contribution in [0.5, 0.6) is 0 Å². The van der Waals surface area contributed by atoms with Crippen molar-refractivity contribution in [2.24, 2.45) is 0 Å². The largest absolute Gasteiger partial charge is 0.325 e. The normalized spacial score (nSPS) is 16.1. The first kappa shape index (κ1) is 20.8. The van der Waals surface area contributed by atoms with Gasteiger partial charge < -0.3 is 10.2 Å². The van der Waals surface area contributed by atoms with Gasteiger partial charge in [0.2, 0.25) is 10.0 Å². The summed E-state index contributed by atoms with van der Waals surface area (Å²) in [6, 6.07) is 14.3. The highest BCUT2D eigenvalue weighted by Crippen LogP contribution is 2.24. The van der Waals surface area contributed by atoms with Crippen LogP contribution in [0.3, 0.4) is 0 Å². The van der Waals surface area contributed by atoms with Gasteiger partial charge in [0.05, 0.1) is 31.2 Å². The van der Waals surface area contributed by atoms with E-state index in [1.807, 2.05) is 24.3 Å². The fraction of sp³-hybridized carbons (Fsp3) is 0.350. The number of aryl methyl sites for hydroxylation is 1. The van der Waals surface area contributed by atoms with Gasteiger partial charge in [0.15, 0.2) is 6.54 Å². The Kier molecular flexibility index (Phi) is 6.72. The van der Waals surface area contributed by atoms with Crippen LogP contribution in [0.1, 0.15) is 12.5 Å². The van der Waals surface area contributed by atoms with E-state index in [9.17, 15) is 13.2 Å². The van der Waals surface area contributed by atoms with Gasteiger partial charge in [0, 0.05) is 5.69 Å². The van der Waals surface area contributed by atoms with E-state index in [1.165, 1.54) is 15.9 Å². The topological polar surface area (TPSA) is 70.9 Å². The van der Waals surface area contributed by atoms with Crippen LogP contribution in [-0.4, -0.2) is 51.4 Å². The average Bonchev–Trinajstić information content (AvgIpc) is 2.68. The number of sulfonamides is 1. The van der Waals surface area contributed by atoms with E-state index in [-0.39, 0.29) is 15.8 Å². The third-order valence-corrected chi connectivity index (χ3v) is 7.31. The summed E-state index contributed by atoms with van der Waals surface area (Å²) >= 11 is 6.06. The van der Waals surface area contributed by atoms with Gasteiger partial charge in [-0.05, 0) is 36.2 Å². The van der Waals surface area contributed by atoms with E-state index in [4.69, 9.17) is 11.6 Å². The Labute approximate surface area is 171 Å². The fourth-order valence-corrected chi connectivity index (χ4v) is 5.25. The highest BCUT2D eigenvalue weighted by molar-refractivity contribution is 7.89. The number of benzene rings is 2. The molecule has 0 atom stereocenters. The van der Waals surface area contributed by atoms with E-state index in [0.29, 0.717) is 32.7 Å². The summed E-state index contributed by atoms with van der Waals surface area (Å²) in [5.41, 5.74) is 1.97. The average molecular weight is 423 g/mol. The van der Waals surface area contributed by atoms with Gasteiger partial charge in [-0.3, -0.25) is 4.79 Å². The monoisotopic (exact) mass is 422 g/mol. The second-order valence-corrected chi connectivity index (χ2v) is 9.18. The summed E-state index contributed by atoms with van der Waals surface area (Å²) in [5, 5.41) is 3.16. The van der Waals surface area contributed by atoms with Crippen molar-refractivity contribution in [3.8, 4) is 0 Å². The number of hydrogen-bond donors (Lipinski definition) is 2. The van der Waals surface area contributed by atoms with E-state index in [2.05, 4.69) is 12.2 Å². The summed E-state index contributed by atoms with van der Waals surface area (Å²) in [6.45, 7) is 4.26. The molecule has 1 heterocycles. The molecule has 150 valence electrons. The molecule has 0 aliphatic carbocycles. The zero-order valence-corrected chi connectivity index (χ0v) is 17.4. The molecule has 1 fully saturated rings. The summed E-state index contributed by atoms with van der Waals surface area (Å²) in [4.78, 5) is 13.5. The van der Waals surface area contributed by atoms with Crippen LogP contribution < -0.4 is 10.2 Å². The smallest absolute Gasteiger partial charge is 0.279 e. The van der Waals surface area contributed by atoms with Crippen LogP contribution in [0.2, 0.25) is 5.02 Å². The number of rotatable bonds is 6. The number of nitrogens with one attached hydrogen (secondary N) is 2. The molecule has 6 nitrogen and oxygen atoms in total. The number of hydrogen-bond acceptors (Lipinski definition) is 3. The molecule has 0 saturated carbocycles. The summed E-state index contributed by atoms with van der Waals surface area (Å²) in [6.07, 6.45) is 0.914. The summed E-state index contributed by atoms with van der Waals surface area (Å²) in [5.74, 6) is -0.0642. The van der Waals surface area contributed by atoms with Gasteiger partial charge in [0.1, 0.15) is 4.90 Å². The molecular formula is C20H25ClN3O3S+. The van der Waals surface area contributed by atoms with Crippen molar-refractivity contribution >= 4 is 33.2 Å². The highest BCUT2D eigenvalue weighted by atomic mass is 35.5. The van der Waals surface area contributed by atoms with Gasteiger partial charge in [-0.25, -0.2) is 8.42 Å². The van der Waals surface area contributed by atoms with E-state index < -0.39 is 10.0 Å². The first-order chi connectivity index (χ1) is 13.4. The molecule has 0 bridgehead atoms. The molecule has 2 aromatic carbocycles. The van der Waals surface area contributed by atoms with Gasteiger partial charge in [0.25, 0.3) is 5.91 Å². The van der Waals surface area contributed by atoms with Crippen LogP contribution in [0.25, 0.3) is 0 Å². The summed E-state index contributed by atoms with van der Waals surface area (Å²) < 4.78 is 27.0. The minimum atomic E-state index is -3.61. The molecule has 0 radical (unpaired) electrons. The first-order valence-corrected chi connectivity index (χ1v) is 11.2. The molecule has 8 heteroatoms. The maximum absolute atomic E-state index is 12.8. The van der Waals surface area contributed by atoms with Crippen molar-refractivity contribution in [1.82, 2.24) is 4.31 Å². The van der Waals surface area contributed by atoms with Crippen molar-refractivity contribution in [1.29, 1.82) is 0 Å². The van der Waals surface area contributed by atoms with Crippen molar-refractivity contribution in [2.45, 2.75) is 18.2 Å². The Hall–Kier alpha value is -1.93. The quantitative estimate of drug-likeness (QED) is 0.739. The number of carbonyl (C=O) groups excluding carboxylic acids is 1. The molecule has 0 aromatic heterocycles. The van der Waals surface area contributed by atoms with Gasteiger partial charge >= 0.3 is 0 Å². The van der Waals surface area contributed by atoms with Crippen molar-refractivity contribution in [3.05, 3.63) is 59.1 Å². The lowest BCUT2D eigenvalue weighted by Crippen LogP contribution is -3.15. The molecule has 0 unspecified atom stereocenters. The maximum atomic E-state index is 12.8. The molecular weight excluding hydrogens is 398 g/mol. The predicted molar refractivity (Wildman–Crippen MR) is 110 cm³/mol. The minimum Gasteiger partial charge on any atom is -0.325 e. The van der Waals surface area contributed by atoms with E-state index in [1.54, 1.807) is 18.2 Å². The van der Waals surface area contributed by atoms with Crippen molar-refractivity contribution in [2.75, 3.05) is 38.0 Å². The van der Waals surface area contributed by atoms with Crippen LogP contribution >= 0.6 is 11.6 Å². The minimum absolute atomic E-state index is 0.0642. The third kappa shape index (κ3) is 4.91. The lowest BCUT2D eigenvalue weighted by atomic mass is 10.1. The molecule has 28 heavy (non-hydrogen) atoms. The number of nitrogens with zero attached hydrogens (tertiary/aromatic N) is 1. The molecule has 2 N–H and O–H groups in total. The number of piperazine rings is 1. The Morgan fingerprint density at radius 1 is 1.14 bits per heavy atom. The van der Waals surface area contributed by atoms with Crippen LogP contribution in [-0.2, 0) is 21.2 Å². The second-order valence-electron chi connectivity index (χ2n) is 6.86. The molecule has 1 saturated heterocycles. The fourth-order valence-electron chi connectivity index (χ4n) is 3.31.